The molecule has 0 spiro atoms. The minimum Gasteiger partial charge on any atom is -0.370 e. The lowest BCUT2D eigenvalue weighted by molar-refractivity contribution is -0.385. The highest BCUT2D eigenvalue weighted by atomic mass is 16.6. The van der Waals surface area contributed by atoms with Gasteiger partial charge in [-0.25, -0.2) is 4.98 Å². The smallest absolute Gasteiger partial charge is 0.305 e. The van der Waals surface area contributed by atoms with Crippen LogP contribution in [0.1, 0.15) is 31.9 Å². The van der Waals surface area contributed by atoms with Crippen molar-refractivity contribution in [2.24, 2.45) is 5.92 Å². The first-order chi connectivity index (χ1) is 10.6. The Labute approximate surface area is 130 Å². The van der Waals surface area contributed by atoms with Gasteiger partial charge in [0, 0.05) is 12.6 Å². The normalized spacial score (nSPS) is 16.2. The van der Waals surface area contributed by atoms with Crippen LogP contribution in [0.2, 0.25) is 0 Å². The molecule has 1 aromatic rings. The predicted octanol–water partition coefficient (Wildman–Crippen LogP) is 2.40. The topological polar surface area (TPSA) is 95.1 Å². The molecule has 1 aliphatic heterocycles. The molecule has 118 valence electrons. The summed E-state index contributed by atoms with van der Waals surface area (Å²) in [4.78, 5) is 16.6. The molecule has 0 bridgehead atoms. The van der Waals surface area contributed by atoms with E-state index in [0.717, 1.165) is 38.5 Å². The first-order valence-electron chi connectivity index (χ1n) is 7.62. The number of rotatable bonds is 6. The lowest BCUT2D eigenvalue weighted by Gasteiger charge is -2.30. The largest absolute Gasteiger partial charge is 0.370 e. The predicted molar refractivity (Wildman–Crippen MR) is 83.6 cm³/mol. The standard InChI is InChI=1S/C15H21N5O2/c1-12-5-9-19(10-6-12)8-2-7-17-15-4-3-14(20(21)22)13(11-16)18-15/h3-4,12H,2,5-10H2,1H3,(H,17,18). The fraction of sp³-hybridized carbons (Fsp3) is 0.600. The molecule has 1 aliphatic rings. The molecule has 2 rings (SSSR count). The van der Waals surface area contributed by atoms with Crippen molar-refractivity contribution in [2.45, 2.75) is 26.2 Å². The third kappa shape index (κ3) is 4.40. The van der Waals surface area contributed by atoms with Gasteiger partial charge in [0.25, 0.3) is 0 Å². The highest BCUT2D eigenvalue weighted by Crippen LogP contribution is 2.18. The molecular weight excluding hydrogens is 282 g/mol. The summed E-state index contributed by atoms with van der Waals surface area (Å²) in [5.41, 5.74) is -0.407. The number of nitrogens with zero attached hydrogens (tertiary/aromatic N) is 4. The average molecular weight is 303 g/mol. The fourth-order valence-corrected chi connectivity index (χ4v) is 2.58. The monoisotopic (exact) mass is 303 g/mol. The van der Waals surface area contributed by atoms with Gasteiger partial charge in [0.15, 0.2) is 0 Å². The second-order valence-corrected chi connectivity index (χ2v) is 5.74. The van der Waals surface area contributed by atoms with Gasteiger partial charge in [0.2, 0.25) is 5.69 Å². The van der Waals surface area contributed by atoms with Crippen molar-refractivity contribution in [2.75, 3.05) is 31.5 Å². The van der Waals surface area contributed by atoms with Crippen molar-refractivity contribution in [1.29, 1.82) is 5.26 Å². The number of hydrogen-bond donors (Lipinski definition) is 1. The zero-order valence-electron chi connectivity index (χ0n) is 12.8. The van der Waals surface area contributed by atoms with Gasteiger partial charge >= 0.3 is 5.69 Å². The van der Waals surface area contributed by atoms with Crippen LogP contribution in [-0.4, -0.2) is 41.0 Å². The summed E-state index contributed by atoms with van der Waals surface area (Å²) in [5.74, 6) is 1.34. The Morgan fingerprint density at radius 3 is 2.86 bits per heavy atom. The van der Waals surface area contributed by atoms with E-state index in [2.05, 4.69) is 22.1 Å². The Balaban J connectivity index is 1.77. The SMILES string of the molecule is CC1CCN(CCCNc2ccc([N+](=O)[O-])c(C#N)n2)CC1. The third-order valence-electron chi connectivity index (χ3n) is 4.01. The summed E-state index contributed by atoms with van der Waals surface area (Å²) in [6.45, 7) is 6.40. The Morgan fingerprint density at radius 1 is 1.50 bits per heavy atom. The Hall–Kier alpha value is -2.20. The zero-order valence-corrected chi connectivity index (χ0v) is 12.8. The highest BCUT2D eigenvalue weighted by Gasteiger charge is 2.16. The summed E-state index contributed by atoms with van der Waals surface area (Å²) in [7, 11) is 0. The van der Waals surface area contributed by atoms with Gasteiger partial charge in [0.05, 0.1) is 4.92 Å². The van der Waals surface area contributed by atoms with Crippen molar-refractivity contribution in [3.8, 4) is 6.07 Å². The fourth-order valence-electron chi connectivity index (χ4n) is 2.58. The molecule has 0 aromatic carbocycles. The Morgan fingerprint density at radius 2 is 2.23 bits per heavy atom. The first kappa shape index (κ1) is 16.2. The second-order valence-electron chi connectivity index (χ2n) is 5.74. The van der Waals surface area contributed by atoms with E-state index in [4.69, 9.17) is 5.26 Å². The van der Waals surface area contributed by atoms with Crippen LogP contribution >= 0.6 is 0 Å². The quantitative estimate of drug-likeness (QED) is 0.492. The van der Waals surface area contributed by atoms with Gasteiger partial charge in [-0.15, -0.1) is 0 Å². The van der Waals surface area contributed by atoms with Gasteiger partial charge in [-0.1, -0.05) is 6.92 Å². The van der Waals surface area contributed by atoms with Gasteiger partial charge in [-0.2, -0.15) is 5.26 Å². The number of aromatic nitrogens is 1. The summed E-state index contributed by atoms with van der Waals surface area (Å²) in [5, 5.41) is 22.8. The minimum absolute atomic E-state index is 0.153. The number of anilines is 1. The summed E-state index contributed by atoms with van der Waals surface area (Å²) >= 11 is 0. The maximum atomic E-state index is 10.7. The molecule has 1 aromatic heterocycles. The molecule has 7 heteroatoms. The van der Waals surface area contributed by atoms with Crippen LogP contribution in [0.25, 0.3) is 0 Å². The number of pyridine rings is 1. The highest BCUT2D eigenvalue weighted by molar-refractivity contribution is 5.50. The molecule has 2 heterocycles. The van der Waals surface area contributed by atoms with Crippen molar-refractivity contribution in [3.63, 3.8) is 0 Å². The zero-order chi connectivity index (χ0) is 15.9. The molecule has 0 unspecified atom stereocenters. The Kier molecular flexibility index (Phi) is 5.67. The molecule has 7 nitrogen and oxygen atoms in total. The molecule has 0 saturated carbocycles. The molecule has 0 amide bonds. The van der Waals surface area contributed by atoms with E-state index in [1.165, 1.54) is 18.9 Å². The number of hydrogen-bond acceptors (Lipinski definition) is 6. The van der Waals surface area contributed by atoms with Crippen molar-refractivity contribution in [1.82, 2.24) is 9.88 Å². The van der Waals surface area contributed by atoms with E-state index >= 15 is 0 Å². The Bertz CT molecular complexity index is 562. The first-order valence-corrected chi connectivity index (χ1v) is 7.62. The van der Waals surface area contributed by atoms with Crippen LogP contribution in [0.15, 0.2) is 12.1 Å². The third-order valence-corrected chi connectivity index (χ3v) is 4.01. The minimum atomic E-state index is -0.591. The van der Waals surface area contributed by atoms with E-state index in [1.54, 1.807) is 12.1 Å². The maximum absolute atomic E-state index is 10.7. The molecule has 0 atom stereocenters. The molecule has 1 saturated heterocycles. The van der Waals surface area contributed by atoms with Crippen LogP contribution in [-0.2, 0) is 0 Å². The van der Waals surface area contributed by atoms with Crippen LogP contribution in [0.4, 0.5) is 11.5 Å². The number of nitriles is 1. The van der Waals surface area contributed by atoms with E-state index in [0.29, 0.717) is 5.82 Å². The van der Waals surface area contributed by atoms with Gasteiger partial charge < -0.3 is 10.2 Å². The summed E-state index contributed by atoms with van der Waals surface area (Å²) < 4.78 is 0. The van der Waals surface area contributed by atoms with Gasteiger partial charge in [0.1, 0.15) is 11.9 Å². The van der Waals surface area contributed by atoms with E-state index in [1.807, 2.05) is 0 Å². The van der Waals surface area contributed by atoms with E-state index < -0.39 is 4.92 Å². The number of likely N-dealkylation sites (tertiary alicyclic amines) is 1. The summed E-state index contributed by atoms with van der Waals surface area (Å²) in [6, 6.07) is 4.63. The van der Waals surface area contributed by atoms with Gasteiger partial charge in [-0.3, -0.25) is 10.1 Å². The van der Waals surface area contributed by atoms with Crippen LogP contribution in [0.5, 0.6) is 0 Å². The number of piperidine rings is 1. The number of nitro groups is 1. The molecule has 1 N–H and O–H groups in total. The summed E-state index contributed by atoms with van der Waals surface area (Å²) in [6.07, 6.45) is 3.51. The molecule has 1 fully saturated rings. The van der Waals surface area contributed by atoms with Gasteiger partial charge in [-0.05, 0) is 50.9 Å². The molecule has 0 aliphatic carbocycles. The molecule has 0 radical (unpaired) electrons. The van der Waals surface area contributed by atoms with E-state index in [9.17, 15) is 10.1 Å². The van der Waals surface area contributed by atoms with Crippen LogP contribution in [0.3, 0.4) is 0 Å². The van der Waals surface area contributed by atoms with E-state index in [-0.39, 0.29) is 11.4 Å². The van der Waals surface area contributed by atoms with Crippen molar-refractivity contribution < 1.29 is 4.92 Å². The average Bonchev–Trinajstić information content (AvgIpc) is 2.52. The van der Waals surface area contributed by atoms with Crippen LogP contribution < -0.4 is 5.32 Å². The lowest BCUT2D eigenvalue weighted by atomic mass is 9.99. The van der Waals surface area contributed by atoms with Crippen LogP contribution in [0, 0.1) is 27.4 Å². The maximum Gasteiger partial charge on any atom is 0.305 e. The number of nitrogens with one attached hydrogen (secondary N) is 1. The molecule has 22 heavy (non-hydrogen) atoms. The second kappa shape index (κ2) is 7.71. The van der Waals surface area contributed by atoms with Crippen molar-refractivity contribution >= 4 is 11.5 Å². The molecular formula is C15H21N5O2. The lowest BCUT2D eigenvalue weighted by Crippen LogP contribution is -2.34. The van der Waals surface area contributed by atoms with Crippen molar-refractivity contribution in [3.05, 3.63) is 27.9 Å².